The Kier molecular flexibility index (Phi) is 3.64. The molecule has 2 aromatic rings. The molecular formula is C22H20N2O3. The molecule has 136 valence electrons. The van der Waals surface area contributed by atoms with Crippen LogP contribution >= 0.6 is 0 Å². The molecule has 5 rings (SSSR count). The van der Waals surface area contributed by atoms with Gasteiger partial charge in [0.25, 0.3) is 5.91 Å². The zero-order valence-electron chi connectivity index (χ0n) is 14.8. The van der Waals surface area contributed by atoms with Crippen LogP contribution in [0, 0.1) is 23.7 Å². The average molecular weight is 360 g/mol. The van der Waals surface area contributed by atoms with Gasteiger partial charge < -0.3 is 5.32 Å². The number of hydrogen-bond donors (Lipinski definition) is 1. The molecule has 5 heteroatoms. The normalized spacial score (nSPS) is 28.5. The quantitative estimate of drug-likeness (QED) is 0.852. The van der Waals surface area contributed by atoms with Gasteiger partial charge in [0.2, 0.25) is 11.8 Å². The standard InChI is InChI=1S/C22H20N2O3/c25-20(13-4-2-1-3-5-13)23-16-8-10-17(11-9-16)24-21(26)18-14-6-7-15(12-14)19(18)22(24)27/h1-5,8-11,14-15,18-19H,6-7,12H2,(H,23,25). The lowest BCUT2D eigenvalue weighted by Crippen LogP contribution is -2.32. The molecule has 1 aliphatic heterocycles. The van der Waals surface area contributed by atoms with Crippen molar-refractivity contribution in [1.29, 1.82) is 0 Å². The van der Waals surface area contributed by atoms with Gasteiger partial charge in [-0.1, -0.05) is 18.2 Å². The lowest BCUT2D eigenvalue weighted by atomic mass is 9.81. The van der Waals surface area contributed by atoms with E-state index in [1.54, 1.807) is 36.4 Å². The summed E-state index contributed by atoms with van der Waals surface area (Å²) in [6.07, 6.45) is 3.18. The second kappa shape index (κ2) is 6.05. The third-order valence-corrected chi connectivity index (χ3v) is 6.35. The zero-order chi connectivity index (χ0) is 18.5. The zero-order valence-corrected chi connectivity index (χ0v) is 14.8. The number of carbonyl (C=O) groups is 3. The fourth-order valence-electron chi connectivity index (χ4n) is 5.15. The van der Waals surface area contributed by atoms with Crippen molar-refractivity contribution in [1.82, 2.24) is 0 Å². The fourth-order valence-corrected chi connectivity index (χ4v) is 5.15. The molecule has 3 aliphatic rings. The number of amides is 3. The highest BCUT2D eigenvalue weighted by Gasteiger charge is 2.61. The summed E-state index contributed by atoms with van der Waals surface area (Å²) in [4.78, 5) is 39.3. The van der Waals surface area contributed by atoms with Crippen molar-refractivity contribution in [3.8, 4) is 0 Å². The van der Waals surface area contributed by atoms with Crippen molar-refractivity contribution in [2.24, 2.45) is 23.7 Å². The molecule has 3 amide bonds. The van der Waals surface area contributed by atoms with E-state index in [9.17, 15) is 14.4 Å². The highest BCUT2D eigenvalue weighted by molar-refractivity contribution is 6.22. The second-order valence-corrected chi connectivity index (χ2v) is 7.76. The van der Waals surface area contributed by atoms with Gasteiger partial charge in [0, 0.05) is 11.3 Å². The second-order valence-electron chi connectivity index (χ2n) is 7.76. The van der Waals surface area contributed by atoms with Crippen LogP contribution < -0.4 is 10.2 Å². The highest BCUT2D eigenvalue weighted by Crippen LogP contribution is 2.56. The van der Waals surface area contributed by atoms with Crippen LogP contribution in [0.4, 0.5) is 11.4 Å². The van der Waals surface area contributed by atoms with E-state index in [0.29, 0.717) is 28.8 Å². The minimum Gasteiger partial charge on any atom is -0.322 e. The molecule has 27 heavy (non-hydrogen) atoms. The van der Waals surface area contributed by atoms with E-state index in [0.717, 1.165) is 19.3 Å². The van der Waals surface area contributed by atoms with Gasteiger partial charge >= 0.3 is 0 Å². The summed E-state index contributed by atoms with van der Waals surface area (Å²) in [5.41, 5.74) is 1.80. The van der Waals surface area contributed by atoms with Crippen molar-refractivity contribution >= 4 is 29.1 Å². The molecule has 2 bridgehead atoms. The summed E-state index contributed by atoms with van der Waals surface area (Å²) in [6.45, 7) is 0. The fraction of sp³-hybridized carbons (Fsp3) is 0.318. The third kappa shape index (κ3) is 2.49. The Morgan fingerprint density at radius 2 is 1.44 bits per heavy atom. The van der Waals surface area contributed by atoms with Crippen molar-refractivity contribution in [2.75, 3.05) is 10.2 Å². The Bertz CT molecular complexity index is 894. The van der Waals surface area contributed by atoms with E-state index >= 15 is 0 Å². The first-order chi connectivity index (χ1) is 13.1. The molecule has 2 aliphatic carbocycles. The molecular weight excluding hydrogens is 340 g/mol. The summed E-state index contributed by atoms with van der Waals surface area (Å²) in [7, 11) is 0. The molecule has 1 N–H and O–H groups in total. The lowest BCUT2D eigenvalue weighted by Gasteiger charge is -2.19. The Morgan fingerprint density at radius 1 is 0.852 bits per heavy atom. The topological polar surface area (TPSA) is 66.5 Å². The summed E-state index contributed by atoms with van der Waals surface area (Å²) in [5, 5.41) is 2.84. The average Bonchev–Trinajstić information content (AvgIpc) is 3.37. The smallest absolute Gasteiger partial charge is 0.255 e. The van der Waals surface area contributed by atoms with Gasteiger partial charge in [-0.05, 0) is 67.5 Å². The maximum atomic E-state index is 12.9. The van der Waals surface area contributed by atoms with Gasteiger partial charge in [0.1, 0.15) is 0 Å². The van der Waals surface area contributed by atoms with Crippen LogP contribution in [0.15, 0.2) is 54.6 Å². The van der Waals surface area contributed by atoms with E-state index < -0.39 is 0 Å². The summed E-state index contributed by atoms with van der Waals surface area (Å²) in [6, 6.07) is 15.9. The molecule has 4 atom stereocenters. The van der Waals surface area contributed by atoms with Gasteiger partial charge in [0.15, 0.2) is 0 Å². The van der Waals surface area contributed by atoms with Crippen molar-refractivity contribution in [3.63, 3.8) is 0 Å². The first-order valence-electron chi connectivity index (χ1n) is 9.48. The molecule has 2 saturated carbocycles. The van der Waals surface area contributed by atoms with Gasteiger partial charge in [-0.2, -0.15) is 0 Å². The Hall–Kier alpha value is -2.95. The number of hydrogen-bond acceptors (Lipinski definition) is 3. The SMILES string of the molecule is O=C(Nc1ccc(N2C(=O)C3C4CCC(C4)C3C2=O)cc1)c1ccccc1. The molecule has 1 heterocycles. The van der Waals surface area contributed by atoms with E-state index in [1.807, 2.05) is 18.2 Å². The first kappa shape index (κ1) is 16.2. The molecule has 4 unspecified atom stereocenters. The van der Waals surface area contributed by atoms with E-state index in [4.69, 9.17) is 0 Å². The molecule has 1 saturated heterocycles. The maximum absolute atomic E-state index is 12.9. The van der Waals surface area contributed by atoms with Crippen molar-refractivity contribution < 1.29 is 14.4 Å². The molecule has 3 fully saturated rings. The van der Waals surface area contributed by atoms with E-state index in [2.05, 4.69) is 5.32 Å². The number of nitrogens with one attached hydrogen (secondary N) is 1. The number of rotatable bonds is 3. The van der Waals surface area contributed by atoms with Gasteiger partial charge in [0.05, 0.1) is 17.5 Å². The van der Waals surface area contributed by atoms with Crippen LogP contribution in [0.3, 0.4) is 0 Å². The largest absolute Gasteiger partial charge is 0.322 e. The predicted octanol–water partition coefficient (Wildman–Crippen LogP) is 3.47. The van der Waals surface area contributed by atoms with Crippen LogP contribution in [0.1, 0.15) is 29.6 Å². The van der Waals surface area contributed by atoms with Crippen LogP contribution in [-0.2, 0) is 9.59 Å². The first-order valence-corrected chi connectivity index (χ1v) is 9.48. The predicted molar refractivity (Wildman–Crippen MR) is 101 cm³/mol. The number of fused-ring (bicyclic) bond motifs is 5. The number of benzene rings is 2. The molecule has 0 radical (unpaired) electrons. The monoisotopic (exact) mass is 360 g/mol. The van der Waals surface area contributed by atoms with Gasteiger partial charge in [-0.15, -0.1) is 0 Å². The summed E-state index contributed by atoms with van der Waals surface area (Å²) < 4.78 is 0. The molecule has 5 nitrogen and oxygen atoms in total. The van der Waals surface area contributed by atoms with Gasteiger partial charge in [-0.3, -0.25) is 19.3 Å². The number of imide groups is 1. The minimum atomic E-state index is -0.192. The lowest BCUT2D eigenvalue weighted by molar-refractivity contribution is -0.123. The summed E-state index contributed by atoms with van der Waals surface area (Å²) in [5.74, 6) is 0.249. The molecule has 0 spiro atoms. The number of nitrogens with zero attached hydrogens (tertiary/aromatic N) is 1. The van der Waals surface area contributed by atoms with Crippen molar-refractivity contribution in [3.05, 3.63) is 60.2 Å². The number of anilines is 2. The molecule has 2 aromatic carbocycles. The van der Waals surface area contributed by atoms with Crippen LogP contribution in [0.25, 0.3) is 0 Å². The third-order valence-electron chi connectivity index (χ3n) is 6.35. The van der Waals surface area contributed by atoms with E-state index in [-0.39, 0.29) is 29.6 Å². The minimum absolute atomic E-state index is 0.0433. The van der Waals surface area contributed by atoms with E-state index in [1.165, 1.54) is 4.90 Å². The van der Waals surface area contributed by atoms with Crippen LogP contribution in [0.5, 0.6) is 0 Å². The Labute approximate surface area is 157 Å². The molecule has 0 aromatic heterocycles. The highest BCUT2D eigenvalue weighted by atomic mass is 16.2. The van der Waals surface area contributed by atoms with Crippen LogP contribution in [-0.4, -0.2) is 17.7 Å². The van der Waals surface area contributed by atoms with Crippen LogP contribution in [0.2, 0.25) is 0 Å². The summed E-state index contributed by atoms with van der Waals surface area (Å²) >= 11 is 0. The Balaban J connectivity index is 1.34. The van der Waals surface area contributed by atoms with Crippen molar-refractivity contribution in [2.45, 2.75) is 19.3 Å². The maximum Gasteiger partial charge on any atom is 0.255 e. The van der Waals surface area contributed by atoms with Gasteiger partial charge in [-0.25, -0.2) is 0 Å². The Morgan fingerprint density at radius 3 is 2.04 bits per heavy atom. The number of carbonyl (C=O) groups excluding carboxylic acids is 3.